The van der Waals surface area contributed by atoms with Crippen LogP contribution in [0, 0.1) is 39.0 Å². The molecule has 0 saturated carbocycles. The molecule has 4 aliphatic rings. The van der Waals surface area contributed by atoms with Gasteiger partial charge < -0.3 is 57.5 Å². The highest BCUT2D eigenvalue weighted by atomic mass is 35.5. The van der Waals surface area contributed by atoms with E-state index in [2.05, 4.69) is 175 Å². The van der Waals surface area contributed by atoms with Gasteiger partial charge in [0.1, 0.15) is 34.9 Å². The highest BCUT2D eigenvalue weighted by Crippen LogP contribution is 2.34. The van der Waals surface area contributed by atoms with Gasteiger partial charge in [0.25, 0.3) is 0 Å². The third-order valence-corrected chi connectivity index (χ3v) is 20.6. The second kappa shape index (κ2) is 49.7. The molecule has 33 nitrogen and oxygen atoms in total. The highest BCUT2D eigenvalue weighted by molar-refractivity contribution is 6.35. The highest BCUT2D eigenvalue weighted by Gasteiger charge is 2.27. The summed E-state index contributed by atoms with van der Waals surface area (Å²) in [5.41, 5.74) is 24.3. The zero-order valence-electron chi connectivity index (χ0n) is 73.9. The van der Waals surface area contributed by atoms with Crippen molar-refractivity contribution in [2.24, 2.45) is 20.4 Å². The molecule has 12 heterocycles. The number of aryl methyl sites for hydroxylation is 4. The van der Waals surface area contributed by atoms with Crippen LogP contribution in [0.25, 0.3) is 0 Å². The molecule has 4 N–H and O–H groups in total. The van der Waals surface area contributed by atoms with Crippen molar-refractivity contribution in [2.75, 3.05) is 173 Å². The molecule has 672 valence electrons. The Morgan fingerprint density at radius 1 is 0.392 bits per heavy atom. The minimum Gasteiger partial charge on any atom is -0.463 e. The molecule has 0 spiro atoms. The van der Waals surface area contributed by atoms with Crippen molar-refractivity contribution in [1.82, 2.24) is 59.8 Å². The van der Waals surface area contributed by atoms with Gasteiger partial charge in [0.2, 0.25) is 0 Å². The summed E-state index contributed by atoms with van der Waals surface area (Å²) >= 11 is 6.64. The van der Waals surface area contributed by atoms with E-state index in [0.717, 1.165) is 107 Å². The van der Waals surface area contributed by atoms with E-state index < -0.39 is 0 Å². The maximum absolute atomic E-state index is 9.87. The molecule has 0 aliphatic carbocycles. The van der Waals surface area contributed by atoms with Crippen LogP contribution in [0.2, 0.25) is 5.02 Å². The fourth-order valence-electron chi connectivity index (χ4n) is 13.5. The number of hydrogen-bond donors (Lipinski definition) is 4. The van der Waals surface area contributed by atoms with E-state index in [0.29, 0.717) is 176 Å². The molecule has 12 aromatic rings. The number of nitrogens with one attached hydrogen (secondary N) is 4. The molecule has 0 amide bonds. The molecule has 0 atom stereocenters. The van der Waals surface area contributed by atoms with E-state index >= 15 is 0 Å². The van der Waals surface area contributed by atoms with Gasteiger partial charge in [-0.3, -0.25) is 41.6 Å². The molecule has 4 aromatic carbocycles. The molecule has 8 aromatic heterocycles. The van der Waals surface area contributed by atoms with Crippen LogP contribution in [0.4, 0.5) is 46.5 Å². The second-order valence-electron chi connectivity index (χ2n) is 31.0. The Morgan fingerprint density at radius 2 is 0.762 bits per heavy atom. The Morgan fingerprint density at radius 3 is 1.18 bits per heavy atom. The largest absolute Gasteiger partial charge is 0.463 e. The van der Waals surface area contributed by atoms with Crippen molar-refractivity contribution in [3.63, 3.8) is 0 Å². The van der Waals surface area contributed by atoms with Gasteiger partial charge in [-0.15, -0.1) is 0 Å². The van der Waals surface area contributed by atoms with Gasteiger partial charge in [0.05, 0.1) is 90.9 Å². The Bertz CT molecular complexity index is 5690. The third-order valence-electron chi connectivity index (χ3n) is 20.3. The number of nitrogens with zero attached hydrogens (tertiary/aromatic N) is 21. The van der Waals surface area contributed by atoms with Gasteiger partial charge >= 0.3 is 24.0 Å². The smallest absolute Gasteiger partial charge is 0.320 e. The van der Waals surface area contributed by atoms with Crippen LogP contribution < -0.4 is 60.3 Å². The van der Waals surface area contributed by atoms with Crippen molar-refractivity contribution in [1.29, 1.82) is 5.26 Å². The van der Waals surface area contributed by atoms with Crippen LogP contribution in [0.3, 0.4) is 0 Å². The normalized spacial score (nSPS) is 14.1. The number of benzene rings is 4. The lowest BCUT2D eigenvalue weighted by molar-refractivity contribution is 0.122. The summed E-state index contributed by atoms with van der Waals surface area (Å²) in [4.78, 5) is 62.1. The SMILES string of the molecule is Cc1cccc(/C=N/Nc2cc(N3CCCOCC3)nc(OCCc3ccccn3)n2)c1.Cc1cccc(/C=N/Nc2cc(N3CCOCC3)nc(OCC(C)(C)c3ccccn3)n2)c1.Cc1cccc(/C=N/Nc2nc(OCCc3ccccn3)nc(N3CCOCC3)c2C#N)c1.Cc1cccc(/C=N/Nc2nc(OCCc3ccccn3)nc(N3CCOCC3)c2Cl)c1. The number of hydrogen-bond acceptors (Lipinski definition) is 33. The lowest BCUT2D eigenvalue weighted by atomic mass is 9.90. The molecule has 34 heteroatoms. The summed E-state index contributed by atoms with van der Waals surface area (Å²) in [5, 5.41) is 27.6. The van der Waals surface area contributed by atoms with Crippen LogP contribution >= 0.6 is 11.6 Å². The van der Waals surface area contributed by atoms with Gasteiger partial charge in [0, 0.05) is 143 Å². The standard InChI is InChI=1S/C25H30N6O2.C24H25N7O2.C24H28N6O2.C23H25ClN6O2/c1-19-7-6-8-20(15-19)17-27-30-22-16-23(31-11-13-32-14-12-31)29-24(28-22)33-18-25(2,3)21-9-4-5-10-26-21;1-18-5-4-6-19(15-18)17-27-30-22-21(16-25)23(31-10-13-32-14-11-31)29-24(28-22)33-12-8-20-7-2-3-9-26-20;1-19-6-4-7-20(16-19)18-26-29-22-17-23(30-11-5-13-31-15-12-30)28-24(27-22)32-14-9-21-8-2-3-10-25-21;1-17-5-4-6-18(15-17)16-26-29-21-20(24)22(30-10-13-31-14-11-30)28-23(27-21)32-12-8-19-7-2-3-9-25-19/h4-10,15-17H,11-14,18H2,1-3H3,(H,28,29,30);2-7,9,15,17H,8,10-14H2,1H3,(H,28,29,30);2-4,6-8,10,16-18H,5,9,11-15H2,1H3,(H,27,28,29);2-7,9,15-16H,8,10-14H2,1H3,(H,27,28,29)/b2*27-17+;26-18+;26-16+. The summed E-state index contributed by atoms with van der Waals surface area (Å²) in [6, 6.07) is 62.6. The van der Waals surface area contributed by atoms with Crippen molar-refractivity contribution >= 4 is 83.0 Å². The molecule has 130 heavy (non-hydrogen) atoms. The molecular weight excluding hydrogens is 1670 g/mol. The maximum Gasteiger partial charge on any atom is 0.320 e. The van der Waals surface area contributed by atoms with Crippen LogP contribution in [-0.4, -0.2) is 216 Å². The number of pyridine rings is 4. The monoisotopic (exact) mass is 1770 g/mol. The lowest BCUT2D eigenvalue weighted by Crippen LogP contribution is -2.37. The Hall–Kier alpha value is -14.3. The van der Waals surface area contributed by atoms with Crippen molar-refractivity contribution in [3.05, 3.63) is 285 Å². The van der Waals surface area contributed by atoms with Crippen LogP contribution in [0.15, 0.2) is 227 Å². The van der Waals surface area contributed by atoms with Crippen LogP contribution in [-0.2, 0) is 43.6 Å². The first kappa shape index (κ1) is 93.3. The maximum atomic E-state index is 9.87. The van der Waals surface area contributed by atoms with E-state index in [-0.39, 0.29) is 17.4 Å². The molecule has 0 unspecified atom stereocenters. The average molecular weight is 1780 g/mol. The van der Waals surface area contributed by atoms with Gasteiger partial charge in [-0.05, 0) is 105 Å². The number of nitriles is 1. The van der Waals surface area contributed by atoms with Crippen LogP contribution in [0.5, 0.6) is 24.0 Å². The number of hydrazone groups is 4. The number of morpholine rings is 3. The van der Waals surface area contributed by atoms with E-state index in [1.165, 1.54) is 11.1 Å². The number of rotatable bonds is 32. The summed E-state index contributed by atoms with van der Waals surface area (Å²) in [7, 11) is 0. The van der Waals surface area contributed by atoms with E-state index in [4.69, 9.17) is 49.5 Å². The zero-order valence-corrected chi connectivity index (χ0v) is 74.7. The number of aromatic nitrogens is 12. The predicted octanol–water partition coefficient (Wildman–Crippen LogP) is 14.0. The minimum atomic E-state index is -0.295. The molecule has 4 fully saturated rings. The summed E-state index contributed by atoms with van der Waals surface area (Å²) in [6.45, 7) is 24.9. The second-order valence-corrected chi connectivity index (χ2v) is 31.4. The first-order valence-corrected chi connectivity index (χ1v) is 43.6. The molecular formula is C96H108ClN25O8. The Balaban J connectivity index is 0.000000148. The first-order chi connectivity index (χ1) is 63.7. The molecule has 16 rings (SSSR count). The third kappa shape index (κ3) is 30.2. The Kier molecular flexibility index (Phi) is 35.7. The number of ether oxygens (including phenoxy) is 8. The number of anilines is 8. The van der Waals surface area contributed by atoms with Crippen molar-refractivity contribution in [3.8, 4) is 30.1 Å². The average Bonchev–Trinajstić information content (AvgIpc) is 0.869. The fraction of sp³-hybridized carbons (Fsp3) is 0.323. The summed E-state index contributed by atoms with van der Waals surface area (Å²) < 4.78 is 45.6. The molecule has 4 aliphatic heterocycles. The zero-order chi connectivity index (χ0) is 90.2. The molecule has 0 radical (unpaired) electrons. The molecule has 4 saturated heterocycles. The van der Waals surface area contributed by atoms with Gasteiger partial charge in [-0.25, -0.2) is 0 Å². The lowest BCUT2D eigenvalue weighted by Gasteiger charge is -2.28. The summed E-state index contributed by atoms with van der Waals surface area (Å²) in [6.07, 6.45) is 16.9. The predicted molar refractivity (Wildman–Crippen MR) is 507 cm³/mol. The molecule has 0 bridgehead atoms. The van der Waals surface area contributed by atoms with E-state index in [9.17, 15) is 5.26 Å². The first-order valence-electron chi connectivity index (χ1n) is 43.2. The van der Waals surface area contributed by atoms with Crippen LogP contribution in [0.1, 0.15) is 93.1 Å². The number of halogens is 1. The van der Waals surface area contributed by atoms with Gasteiger partial charge in [-0.2, -0.15) is 65.5 Å². The quantitative estimate of drug-likeness (QED) is 0.0225. The van der Waals surface area contributed by atoms with Gasteiger partial charge in [-0.1, -0.05) is 169 Å². The minimum absolute atomic E-state index is 0.180. The van der Waals surface area contributed by atoms with Crippen molar-refractivity contribution in [2.45, 2.75) is 72.6 Å². The van der Waals surface area contributed by atoms with Gasteiger partial charge in [0.15, 0.2) is 34.9 Å². The van der Waals surface area contributed by atoms with E-state index in [1.54, 1.807) is 49.6 Å². The topological polar surface area (TPSA) is 363 Å². The Labute approximate surface area is 762 Å². The summed E-state index contributed by atoms with van der Waals surface area (Å²) in [5.74, 6) is 4.53. The van der Waals surface area contributed by atoms with Crippen molar-refractivity contribution < 1.29 is 37.9 Å². The fourth-order valence-corrected chi connectivity index (χ4v) is 13.8. The van der Waals surface area contributed by atoms with E-state index in [1.807, 2.05) is 176 Å².